The fraction of sp³-hybridized carbons (Fsp3) is 0. The molecule has 2 rings (SSSR count). The van der Waals surface area contributed by atoms with Gasteiger partial charge in [0.1, 0.15) is 5.52 Å². The van der Waals surface area contributed by atoms with Gasteiger partial charge in [-0.1, -0.05) is 0 Å². The molecule has 0 aliphatic rings. The van der Waals surface area contributed by atoms with E-state index in [1.807, 2.05) is 0 Å². The number of phenols is 1. The number of aldehydes is 1. The minimum absolute atomic E-state index is 0.0544. The van der Waals surface area contributed by atoms with Gasteiger partial charge in [-0.2, -0.15) is 0 Å². The number of aromatic hydroxyl groups is 1. The second-order valence-electron chi connectivity index (χ2n) is 3.11. The summed E-state index contributed by atoms with van der Waals surface area (Å²) in [6, 6.07) is 4.02. The van der Waals surface area contributed by atoms with Gasteiger partial charge in [-0.25, -0.2) is 0 Å². The third-order valence-electron chi connectivity index (χ3n) is 2.20. The fourth-order valence-electron chi connectivity index (χ4n) is 1.47. The summed E-state index contributed by atoms with van der Waals surface area (Å²) in [5.74, 6) is -0.337. The number of phenolic OH excluding ortho intramolecular Hbond substituents is 1. The number of benzene rings is 1. The van der Waals surface area contributed by atoms with Gasteiger partial charge in [0.05, 0.1) is 15.9 Å². The van der Waals surface area contributed by atoms with Gasteiger partial charge in [-0.3, -0.25) is 19.9 Å². The lowest BCUT2D eigenvalue weighted by atomic mass is 10.1. The summed E-state index contributed by atoms with van der Waals surface area (Å²) in [5, 5.41) is 20.6. The van der Waals surface area contributed by atoms with Crippen molar-refractivity contribution in [3.8, 4) is 5.75 Å². The number of carbonyl (C=O) groups excluding carboxylic acids is 1. The number of hydrogen-bond donors (Lipinski definition) is 1. The standard InChI is InChI=1S/C10H6N2O4/c13-5-6-4-8(12(15)16)7-2-1-3-11-9(7)10(6)14/h1-5,14H. The summed E-state index contributed by atoms with van der Waals surface area (Å²) >= 11 is 0. The highest BCUT2D eigenvalue weighted by Crippen LogP contribution is 2.33. The Morgan fingerprint density at radius 1 is 1.50 bits per heavy atom. The Bertz CT molecular complexity index is 595. The van der Waals surface area contributed by atoms with Crippen LogP contribution >= 0.6 is 0 Å². The van der Waals surface area contributed by atoms with Crippen molar-refractivity contribution in [2.45, 2.75) is 0 Å². The molecule has 0 radical (unpaired) electrons. The van der Waals surface area contributed by atoms with E-state index in [0.717, 1.165) is 6.07 Å². The lowest BCUT2D eigenvalue weighted by Gasteiger charge is -2.03. The first kappa shape index (κ1) is 10.0. The highest BCUT2D eigenvalue weighted by Gasteiger charge is 2.18. The molecule has 1 heterocycles. The monoisotopic (exact) mass is 218 g/mol. The van der Waals surface area contributed by atoms with E-state index in [2.05, 4.69) is 4.98 Å². The van der Waals surface area contributed by atoms with Gasteiger partial charge in [0, 0.05) is 12.3 Å². The average molecular weight is 218 g/mol. The molecule has 0 aliphatic heterocycles. The molecule has 0 atom stereocenters. The Morgan fingerprint density at radius 2 is 2.25 bits per heavy atom. The molecule has 0 amide bonds. The van der Waals surface area contributed by atoms with E-state index in [4.69, 9.17) is 0 Å². The highest BCUT2D eigenvalue weighted by atomic mass is 16.6. The molecule has 0 saturated carbocycles. The molecule has 0 fully saturated rings. The average Bonchev–Trinajstić information content (AvgIpc) is 2.29. The van der Waals surface area contributed by atoms with E-state index >= 15 is 0 Å². The largest absolute Gasteiger partial charge is 0.505 e. The lowest BCUT2D eigenvalue weighted by molar-refractivity contribution is -0.383. The smallest absolute Gasteiger partial charge is 0.279 e. The van der Waals surface area contributed by atoms with Crippen LogP contribution in [0.3, 0.4) is 0 Å². The van der Waals surface area contributed by atoms with Crippen LogP contribution in [0.4, 0.5) is 5.69 Å². The van der Waals surface area contributed by atoms with Crippen LogP contribution in [0.2, 0.25) is 0 Å². The van der Waals surface area contributed by atoms with Gasteiger partial charge in [-0.15, -0.1) is 0 Å². The SMILES string of the molecule is O=Cc1cc([N+](=O)[O-])c2cccnc2c1O. The Hall–Kier alpha value is -2.50. The predicted molar refractivity (Wildman–Crippen MR) is 55.4 cm³/mol. The molecule has 1 aromatic heterocycles. The molecule has 0 bridgehead atoms. The van der Waals surface area contributed by atoms with Crippen molar-refractivity contribution >= 4 is 22.9 Å². The Labute approximate surface area is 89.3 Å². The first-order chi connectivity index (χ1) is 7.65. The van der Waals surface area contributed by atoms with E-state index in [-0.39, 0.29) is 27.9 Å². The van der Waals surface area contributed by atoms with Crippen molar-refractivity contribution < 1.29 is 14.8 Å². The van der Waals surface area contributed by atoms with Crippen molar-refractivity contribution in [2.75, 3.05) is 0 Å². The highest BCUT2D eigenvalue weighted by molar-refractivity contribution is 5.98. The number of nitro benzene ring substituents is 1. The molecule has 6 nitrogen and oxygen atoms in total. The number of non-ortho nitro benzene ring substituents is 1. The summed E-state index contributed by atoms with van der Waals surface area (Å²) in [4.78, 5) is 24.6. The number of aromatic nitrogens is 1. The number of pyridine rings is 1. The number of rotatable bonds is 2. The van der Waals surface area contributed by atoms with Gasteiger partial charge in [0.15, 0.2) is 12.0 Å². The van der Waals surface area contributed by atoms with Crippen molar-refractivity contribution in [2.24, 2.45) is 0 Å². The molecule has 0 saturated heterocycles. The molecule has 2 aromatic rings. The molecule has 6 heteroatoms. The Morgan fingerprint density at radius 3 is 2.88 bits per heavy atom. The van der Waals surface area contributed by atoms with Gasteiger partial charge in [0.2, 0.25) is 0 Å². The van der Waals surface area contributed by atoms with Crippen LogP contribution in [-0.2, 0) is 0 Å². The van der Waals surface area contributed by atoms with Crippen LogP contribution in [0.15, 0.2) is 24.4 Å². The first-order valence-electron chi connectivity index (χ1n) is 4.35. The third-order valence-corrected chi connectivity index (χ3v) is 2.20. The normalized spacial score (nSPS) is 10.2. The Balaban J connectivity index is 2.95. The minimum Gasteiger partial charge on any atom is -0.505 e. The molecular weight excluding hydrogens is 212 g/mol. The molecule has 1 aromatic carbocycles. The quantitative estimate of drug-likeness (QED) is 0.470. The third kappa shape index (κ3) is 1.36. The molecular formula is C10H6N2O4. The maximum Gasteiger partial charge on any atom is 0.279 e. The lowest BCUT2D eigenvalue weighted by Crippen LogP contribution is -1.94. The van der Waals surface area contributed by atoms with Crippen LogP contribution < -0.4 is 0 Å². The Kier molecular flexibility index (Phi) is 2.24. The zero-order valence-corrected chi connectivity index (χ0v) is 7.95. The van der Waals surface area contributed by atoms with Crippen molar-refractivity contribution in [3.63, 3.8) is 0 Å². The molecule has 80 valence electrons. The van der Waals surface area contributed by atoms with Crippen LogP contribution in [0.25, 0.3) is 10.9 Å². The van der Waals surface area contributed by atoms with Crippen LogP contribution in [0.1, 0.15) is 10.4 Å². The van der Waals surface area contributed by atoms with Crippen LogP contribution in [0.5, 0.6) is 5.75 Å². The topological polar surface area (TPSA) is 93.3 Å². The first-order valence-corrected chi connectivity index (χ1v) is 4.35. The van der Waals surface area contributed by atoms with E-state index in [1.165, 1.54) is 18.3 Å². The second-order valence-corrected chi connectivity index (χ2v) is 3.11. The molecule has 1 N–H and O–H groups in total. The van der Waals surface area contributed by atoms with Crippen molar-refractivity contribution in [1.29, 1.82) is 0 Å². The van der Waals surface area contributed by atoms with E-state index in [0.29, 0.717) is 6.29 Å². The summed E-state index contributed by atoms with van der Waals surface area (Å²) in [6.07, 6.45) is 1.75. The second kappa shape index (κ2) is 3.58. The van der Waals surface area contributed by atoms with Crippen molar-refractivity contribution in [1.82, 2.24) is 4.98 Å². The molecule has 0 unspecified atom stereocenters. The summed E-state index contributed by atoms with van der Waals surface area (Å²) in [6.45, 7) is 0. The number of nitrogens with zero attached hydrogens (tertiary/aromatic N) is 2. The molecule has 0 aliphatic carbocycles. The van der Waals surface area contributed by atoms with Crippen LogP contribution in [0, 0.1) is 10.1 Å². The molecule has 16 heavy (non-hydrogen) atoms. The number of carbonyl (C=O) groups is 1. The predicted octanol–water partition coefficient (Wildman–Crippen LogP) is 1.66. The maximum absolute atomic E-state index is 10.8. The van der Waals surface area contributed by atoms with Crippen LogP contribution in [-0.4, -0.2) is 21.3 Å². The minimum atomic E-state index is -0.615. The van der Waals surface area contributed by atoms with Crippen molar-refractivity contribution in [3.05, 3.63) is 40.1 Å². The summed E-state index contributed by atoms with van der Waals surface area (Å²) in [5.41, 5.74) is -0.334. The zero-order valence-electron chi connectivity index (χ0n) is 7.95. The van der Waals surface area contributed by atoms with Gasteiger partial charge < -0.3 is 5.11 Å². The van der Waals surface area contributed by atoms with E-state index in [9.17, 15) is 20.0 Å². The fourth-order valence-corrected chi connectivity index (χ4v) is 1.47. The van der Waals surface area contributed by atoms with E-state index in [1.54, 1.807) is 0 Å². The number of nitro groups is 1. The van der Waals surface area contributed by atoms with Gasteiger partial charge >= 0.3 is 0 Å². The number of fused-ring (bicyclic) bond motifs is 1. The van der Waals surface area contributed by atoms with E-state index < -0.39 is 4.92 Å². The maximum atomic E-state index is 10.8. The van der Waals surface area contributed by atoms with Gasteiger partial charge in [0.25, 0.3) is 5.69 Å². The zero-order chi connectivity index (χ0) is 11.7. The molecule has 0 spiro atoms. The summed E-state index contributed by atoms with van der Waals surface area (Å²) < 4.78 is 0. The number of hydrogen-bond acceptors (Lipinski definition) is 5. The summed E-state index contributed by atoms with van der Waals surface area (Å²) in [7, 11) is 0. The van der Waals surface area contributed by atoms with Gasteiger partial charge in [-0.05, 0) is 12.1 Å².